The fourth-order valence-electron chi connectivity index (χ4n) is 2.84. The van der Waals surface area contributed by atoms with Gasteiger partial charge in [-0.3, -0.25) is 0 Å². The predicted octanol–water partition coefficient (Wildman–Crippen LogP) is 5.38. The second kappa shape index (κ2) is 6.75. The number of halogens is 1. The quantitative estimate of drug-likeness (QED) is 0.508. The van der Waals surface area contributed by atoms with Crippen molar-refractivity contribution < 1.29 is 0 Å². The van der Waals surface area contributed by atoms with Gasteiger partial charge in [-0.1, -0.05) is 54.6 Å². The zero-order valence-electron chi connectivity index (χ0n) is 12.0. The third-order valence-corrected chi connectivity index (χ3v) is 3.88. The van der Waals surface area contributed by atoms with Crippen LogP contribution in [0.5, 0.6) is 0 Å². The Bertz CT molecular complexity index is 764. The van der Waals surface area contributed by atoms with Crippen molar-refractivity contribution in [3.05, 3.63) is 72.8 Å². The molecule has 0 radical (unpaired) electrons. The lowest BCUT2D eigenvalue weighted by Crippen LogP contribution is -2.10. The molecule has 2 N–H and O–H groups in total. The Hall–Kier alpha value is -1.83. The number of hydrogen-bond donors (Lipinski definition) is 1. The summed E-state index contributed by atoms with van der Waals surface area (Å²) in [7, 11) is 0. The molecule has 0 aliphatic heterocycles. The van der Waals surface area contributed by atoms with E-state index in [-0.39, 0.29) is 18.4 Å². The van der Waals surface area contributed by atoms with Gasteiger partial charge in [-0.2, -0.15) is 0 Å². The molecule has 108 valence electrons. The van der Waals surface area contributed by atoms with Gasteiger partial charge in [-0.25, -0.2) is 0 Å². The van der Waals surface area contributed by atoms with Gasteiger partial charge in [0.2, 0.25) is 0 Å². The van der Waals surface area contributed by atoms with Gasteiger partial charge in [0.25, 0.3) is 0 Å². The number of benzene rings is 3. The largest absolute Gasteiger partial charge is 0.324 e. The number of allylic oxidation sites excluding steroid dienone is 1. The lowest BCUT2D eigenvalue weighted by atomic mass is 9.92. The second-order valence-electron chi connectivity index (χ2n) is 5.21. The van der Waals surface area contributed by atoms with Crippen LogP contribution in [0.25, 0.3) is 21.5 Å². The third kappa shape index (κ3) is 2.94. The molecule has 0 unspecified atom stereocenters. The Labute approximate surface area is 131 Å². The Kier molecular flexibility index (Phi) is 5.00. The van der Waals surface area contributed by atoms with Crippen molar-refractivity contribution >= 4 is 34.0 Å². The average Bonchev–Trinajstić information content (AvgIpc) is 2.52. The molecule has 2 heteroatoms. The van der Waals surface area contributed by atoms with Crippen LogP contribution in [0, 0.1) is 0 Å². The highest BCUT2D eigenvalue weighted by molar-refractivity contribution is 6.09. The fraction of sp³-hybridized carbons (Fsp3) is 0.158. The summed E-state index contributed by atoms with van der Waals surface area (Å²) in [5.41, 5.74) is 7.63. The van der Waals surface area contributed by atoms with Crippen LogP contribution in [0.2, 0.25) is 0 Å². The molecule has 0 aliphatic carbocycles. The first-order chi connectivity index (χ1) is 9.81. The van der Waals surface area contributed by atoms with Crippen molar-refractivity contribution in [2.75, 3.05) is 0 Å². The molecule has 1 nitrogen and oxygen atoms in total. The molecule has 0 aromatic heterocycles. The maximum absolute atomic E-state index is 6.39. The van der Waals surface area contributed by atoms with Gasteiger partial charge >= 0.3 is 0 Å². The molecule has 3 aromatic rings. The minimum atomic E-state index is 0. The predicted molar refractivity (Wildman–Crippen MR) is 95.1 cm³/mol. The highest BCUT2D eigenvalue weighted by Gasteiger charge is 2.11. The SMILES string of the molecule is C=CCC[C@@H](N)c1cc2ccccc2c2ccccc12.Cl. The van der Waals surface area contributed by atoms with Crippen LogP contribution in [0.15, 0.2) is 67.3 Å². The second-order valence-corrected chi connectivity index (χ2v) is 5.21. The van der Waals surface area contributed by atoms with Crippen molar-refractivity contribution in [3.63, 3.8) is 0 Å². The Morgan fingerprint density at radius 3 is 2.29 bits per heavy atom. The van der Waals surface area contributed by atoms with Crippen LogP contribution in [0.3, 0.4) is 0 Å². The summed E-state index contributed by atoms with van der Waals surface area (Å²) in [5, 5.41) is 5.11. The van der Waals surface area contributed by atoms with Gasteiger partial charge in [0.05, 0.1) is 0 Å². The Balaban J connectivity index is 0.00000161. The van der Waals surface area contributed by atoms with E-state index in [1.165, 1.54) is 27.1 Å². The van der Waals surface area contributed by atoms with E-state index in [0.29, 0.717) is 0 Å². The molecule has 0 saturated heterocycles. The minimum absolute atomic E-state index is 0. The molecule has 0 aliphatic rings. The maximum Gasteiger partial charge on any atom is 0.0304 e. The maximum atomic E-state index is 6.39. The number of hydrogen-bond acceptors (Lipinski definition) is 1. The van der Waals surface area contributed by atoms with E-state index >= 15 is 0 Å². The standard InChI is InChI=1S/C19H19N.ClH/c1-2-3-12-19(20)18-13-14-8-4-5-9-15(14)16-10-6-7-11-17(16)18;/h2,4-11,13,19H,1,3,12,20H2;1H/t19-;/m1./s1. The van der Waals surface area contributed by atoms with Crippen molar-refractivity contribution in [2.45, 2.75) is 18.9 Å². The molecule has 0 amide bonds. The molecule has 3 rings (SSSR count). The molecule has 0 saturated carbocycles. The van der Waals surface area contributed by atoms with Gasteiger partial charge in [0.1, 0.15) is 0 Å². The van der Waals surface area contributed by atoms with Crippen molar-refractivity contribution in [2.24, 2.45) is 5.73 Å². The van der Waals surface area contributed by atoms with Crippen LogP contribution in [0.4, 0.5) is 0 Å². The van der Waals surface area contributed by atoms with Crippen LogP contribution in [0.1, 0.15) is 24.4 Å². The Morgan fingerprint density at radius 2 is 1.57 bits per heavy atom. The molecule has 0 fully saturated rings. The van der Waals surface area contributed by atoms with Crippen molar-refractivity contribution in [1.29, 1.82) is 0 Å². The Morgan fingerprint density at radius 1 is 0.952 bits per heavy atom. The highest BCUT2D eigenvalue weighted by Crippen LogP contribution is 2.32. The third-order valence-electron chi connectivity index (χ3n) is 3.88. The topological polar surface area (TPSA) is 26.0 Å². The number of fused-ring (bicyclic) bond motifs is 3. The fourth-order valence-corrected chi connectivity index (χ4v) is 2.84. The van der Waals surface area contributed by atoms with Crippen LogP contribution >= 0.6 is 12.4 Å². The molecular formula is C19H20ClN. The summed E-state index contributed by atoms with van der Waals surface area (Å²) < 4.78 is 0. The molecule has 3 aromatic carbocycles. The van der Waals surface area contributed by atoms with E-state index in [4.69, 9.17) is 5.73 Å². The van der Waals surface area contributed by atoms with E-state index in [1.807, 2.05) is 6.08 Å². The van der Waals surface area contributed by atoms with Crippen LogP contribution in [-0.2, 0) is 0 Å². The van der Waals surface area contributed by atoms with Crippen molar-refractivity contribution in [3.8, 4) is 0 Å². The molecular weight excluding hydrogens is 278 g/mol. The van der Waals surface area contributed by atoms with E-state index in [9.17, 15) is 0 Å². The number of rotatable bonds is 4. The highest BCUT2D eigenvalue weighted by atomic mass is 35.5. The summed E-state index contributed by atoms with van der Waals surface area (Å²) in [6, 6.07) is 19.3. The molecule has 0 spiro atoms. The smallest absolute Gasteiger partial charge is 0.0304 e. The van der Waals surface area contributed by atoms with Gasteiger partial charge in [-0.15, -0.1) is 19.0 Å². The lowest BCUT2D eigenvalue weighted by molar-refractivity contribution is 0.667. The zero-order chi connectivity index (χ0) is 13.9. The van der Waals surface area contributed by atoms with Crippen molar-refractivity contribution in [1.82, 2.24) is 0 Å². The van der Waals surface area contributed by atoms with E-state index in [1.54, 1.807) is 0 Å². The van der Waals surface area contributed by atoms with E-state index < -0.39 is 0 Å². The van der Waals surface area contributed by atoms with Gasteiger partial charge in [-0.05, 0) is 46.0 Å². The van der Waals surface area contributed by atoms with E-state index in [0.717, 1.165) is 12.8 Å². The molecule has 21 heavy (non-hydrogen) atoms. The lowest BCUT2D eigenvalue weighted by Gasteiger charge is -2.16. The summed E-state index contributed by atoms with van der Waals surface area (Å²) in [5.74, 6) is 0. The summed E-state index contributed by atoms with van der Waals surface area (Å²) in [6.07, 6.45) is 3.82. The summed E-state index contributed by atoms with van der Waals surface area (Å²) in [6.45, 7) is 3.78. The van der Waals surface area contributed by atoms with Crippen LogP contribution < -0.4 is 5.73 Å². The molecule has 0 bridgehead atoms. The minimum Gasteiger partial charge on any atom is -0.324 e. The zero-order valence-corrected chi connectivity index (χ0v) is 12.8. The van der Waals surface area contributed by atoms with Gasteiger partial charge in [0, 0.05) is 6.04 Å². The molecule has 0 heterocycles. The summed E-state index contributed by atoms with van der Waals surface area (Å²) in [4.78, 5) is 0. The first-order valence-electron chi connectivity index (χ1n) is 7.08. The van der Waals surface area contributed by atoms with Gasteiger partial charge < -0.3 is 5.73 Å². The monoisotopic (exact) mass is 297 g/mol. The molecule has 1 atom stereocenters. The average molecular weight is 298 g/mol. The first-order valence-corrected chi connectivity index (χ1v) is 7.08. The van der Waals surface area contributed by atoms with E-state index in [2.05, 4.69) is 61.2 Å². The summed E-state index contributed by atoms with van der Waals surface area (Å²) >= 11 is 0. The normalized spacial score (nSPS) is 12.0. The number of nitrogens with two attached hydrogens (primary N) is 1. The van der Waals surface area contributed by atoms with Crippen LogP contribution in [-0.4, -0.2) is 0 Å². The van der Waals surface area contributed by atoms with Gasteiger partial charge in [0.15, 0.2) is 0 Å². The first kappa shape index (κ1) is 15.6.